The molecule has 1 unspecified atom stereocenters. The van der Waals surface area contributed by atoms with Crippen LogP contribution >= 0.6 is 0 Å². The number of amides is 1. The summed E-state index contributed by atoms with van der Waals surface area (Å²) in [6.45, 7) is 2.11. The lowest BCUT2D eigenvalue weighted by Crippen LogP contribution is -2.43. The van der Waals surface area contributed by atoms with Crippen molar-refractivity contribution in [1.29, 1.82) is 0 Å². The molecule has 0 radical (unpaired) electrons. The van der Waals surface area contributed by atoms with E-state index in [4.69, 9.17) is 0 Å². The number of nitrogens with zero attached hydrogens (tertiary/aromatic N) is 4. The molecule has 18 heavy (non-hydrogen) atoms. The smallest absolute Gasteiger partial charge is 0.236 e. The van der Waals surface area contributed by atoms with Crippen LogP contribution in [0.1, 0.15) is 24.5 Å². The molecule has 1 atom stereocenters. The number of hydrogen-bond donors (Lipinski definition) is 0. The van der Waals surface area contributed by atoms with Gasteiger partial charge >= 0.3 is 0 Å². The largest absolute Gasteiger partial charge is 0.341 e. The quantitative estimate of drug-likeness (QED) is 0.792. The number of rotatable bonds is 3. The van der Waals surface area contributed by atoms with E-state index >= 15 is 0 Å². The first-order valence-electron chi connectivity index (χ1n) is 6.35. The molecule has 1 aliphatic rings. The summed E-state index contributed by atoms with van der Waals surface area (Å²) in [6.07, 6.45) is 7.34. The van der Waals surface area contributed by atoms with E-state index in [1.54, 1.807) is 12.4 Å². The molecule has 1 fully saturated rings. The highest BCUT2D eigenvalue weighted by Crippen LogP contribution is 2.24. The van der Waals surface area contributed by atoms with Gasteiger partial charge in [-0.1, -0.05) is 0 Å². The van der Waals surface area contributed by atoms with E-state index in [-0.39, 0.29) is 5.91 Å². The third kappa shape index (κ3) is 3.26. The van der Waals surface area contributed by atoms with Crippen LogP contribution in [0, 0.1) is 0 Å². The minimum atomic E-state index is 0.202. The standard InChI is InChI=1S/C13H20N4O/c1-16(2)10-13(18)17-7-3-4-11(9-17)12-8-14-5-6-15-12/h5-6,8,11H,3-4,7,9-10H2,1-2H3. The summed E-state index contributed by atoms with van der Waals surface area (Å²) in [7, 11) is 3.84. The first-order valence-corrected chi connectivity index (χ1v) is 6.35. The van der Waals surface area contributed by atoms with Crippen LogP contribution in [0.2, 0.25) is 0 Å². The first kappa shape index (κ1) is 13.0. The van der Waals surface area contributed by atoms with E-state index in [1.165, 1.54) is 0 Å². The SMILES string of the molecule is CN(C)CC(=O)N1CCCC(c2cnccn2)C1. The fourth-order valence-electron chi connectivity index (χ4n) is 2.34. The Balaban J connectivity index is 1.98. The van der Waals surface area contributed by atoms with Gasteiger partial charge in [0.1, 0.15) is 0 Å². The van der Waals surface area contributed by atoms with Crippen LogP contribution in [0.25, 0.3) is 0 Å². The van der Waals surface area contributed by atoms with Gasteiger partial charge in [0.15, 0.2) is 0 Å². The van der Waals surface area contributed by atoms with E-state index in [0.29, 0.717) is 12.5 Å². The van der Waals surface area contributed by atoms with Crippen molar-refractivity contribution in [2.24, 2.45) is 0 Å². The van der Waals surface area contributed by atoms with Crippen LogP contribution < -0.4 is 0 Å². The zero-order valence-electron chi connectivity index (χ0n) is 11.0. The molecule has 5 nitrogen and oxygen atoms in total. The lowest BCUT2D eigenvalue weighted by molar-refractivity contribution is -0.133. The summed E-state index contributed by atoms with van der Waals surface area (Å²) in [5.74, 6) is 0.534. The van der Waals surface area contributed by atoms with Gasteiger partial charge in [-0.15, -0.1) is 0 Å². The van der Waals surface area contributed by atoms with Crippen molar-refractivity contribution in [3.63, 3.8) is 0 Å². The third-order valence-electron chi connectivity index (χ3n) is 3.23. The lowest BCUT2D eigenvalue weighted by atomic mass is 9.95. The summed E-state index contributed by atoms with van der Waals surface area (Å²) < 4.78 is 0. The number of carbonyl (C=O) groups is 1. The van der Waals surface area contributed by atoms with E-state index in [1.807, 2.05) is 30.1 Å². The highest BCUT2D eigenvalue weighted by Gasteiger charge is 2.25. The molecular formula is C13H20N4O. The first-order chi connectivity index (χ1) is 8.66. The van der Waals surface area contributed by atoms with Gasteiger partial charge in [0.2, 0.25) is 5.91 Å². The Kier molecular flexibility index (Phi) is 4.25. The molecule has 1 aromatic rings. The van der Waals surface area contributed by atoms with Crippen molar-refractivity contribution >= 4 is 5.91 Å². The average Bonchev–Trinajstić information content (AvgIpc) is 2.39. The molecule has 0 spiro atoms. The van der Waals surface area contributed by atoms with Crippen LogP contribution in [0.15, 0.2) is 18.6 Å². The fraction of sp³-hybridized carbons (Fsp3) is 0.615. The van der Waals surface area contributed by atoms with E-state index in [0.717, 1.165) is 31.6 Å². The second-order valence-corrected chi connectivity index (χ2v) is 5.05. The molecule has 1 aliphatic heterocycles. The number of likely N-dealkylation sites (tertiary alicyclic amines) is 1. The molecule has 0 aromatic carbocycles. The number of likely N-dealkylation sites (N-methyl/N-ethyl adjacent to an activating group) is 1. The van der Waals surface area contributed by atoms with E-state index in [9.17, 15) is 4.79 Å². The van der Waals surface area contributed by atoms with Crippen LogP contribution in [0.5, 0.6) is 0 Å². The van der Waals surface area contributed by atoms with Crippen LogP contribution in [0.3, 0.4) is 0 Å². The zero-order chi connectivity index (χ0) is 13.0. The molecular weight excluding hydrogens is 228 g/mol. The third-order valence-corrected chi connectivity index (χ3v) is 3.23. The predicted molar refractivity (Wildman–Crippen MR) is 69.1 cm³/mol. The lowest BCUT2D eigenvalue weighted by Gasteiger charge is -2.33. The molecule has 0 N–H and O–H groups in total. The topological polar surface area (TPSA) is 49.3 Å². The maximum Gasteiger partial charge on any atom is 0.236 e. The monoisotopic (exact) mass is 248 g/mol. The second kappa shape index (κ2) is 5.91. The van der Waals surface area contributed by atoms with E-state index < -0.39 is 0 Å². The Morgan fingerprint density at radius 1 is 1.50 bits per heavy atom. The van der Waals surface area contributed by atoms with Crippen molar-refractivity contribution < 1.29 is 4.79 Å². The number of piperidine rings is 1. The average molecular weight is 248 g/mol. The number of carbonyl (C=O) groups excluding carboxylic acids is 1. The Hall–Kier alpha value is -1.49. The van der Waals surface area contributed by atoms with Crippen LogP contribution in [0.4, 0.5) is 0 Å². The van der Waals surface area contributed by atoms with Crippen LogP contribution in [-0.2, 0) is 4.79 Å². The highest BCUT2D eigenvalue weighted by atomic mass is 16.2. The van der Waals surface area contributed by atoms with Crippen molar-refractivity contribution in [2.75, 3.05) is 33.7 Å². The Morgan fingerprint density at radius 2 is 2.33 bits per heavy atom. The Morgan fingerprint density at radius 3 is 3.00 bits per heavy atom. The van der Waals surface area contributed by atoms with Crippen molar-refractivity contribution in [1.82, 2.24) is 19.8 Å². The molecule has 1 amide bonds. The summed E-state index contributed by atoms with van der Waals surface area (Å²) in [5.41, 5.74) is 1.000. The Bertz CT molecular complexity index is 393. The van der Waals surface area contributed by atoms with Gasteiger partial charge in [-0.05, 0) is 26.9 Å². The molecule has 2 heterocycles. The molecule has 2 rings (SSSR count). The molecule has 0 aliphatic carbocycles. The van der Waals surface area contributed by atoms with Gasteiger partial charge in [-0.25, -0.2) is 0 Å². The van der Waals surface area contributed by atoms with Crippen molar-refractivity contribution in [3.8, 4) is 0 Å². The zero-order valence-corrected chi connectivity index (χ0v) is 11.0. The van der Waals surface area contributed by atoms with E-state index in [2.05, 4.69) is 9.97 Å². The van der Waals surface area contributed by atoms with Gasteiger partial charge < -0.3 is 9.80 Å². The molecule has 5 heteroatoms. The minimum absolute atomic E-state index is 0.202. The normalized spacial score (nSPS) is 20.2. The summed E-state index contributed by atoms with van der Waals surface area (Å²) in [6, 6.07) is 0. The van der Waals surface area contributed by atoms with Crippen molar-refractivity contribution in [2.45, 2.75) is 18.8 Å². The number of aromatic nitrogens is 2. The van der Waals surface area contributed by atoms with Gasteiger partial charge in [0.05, 0.1) is 12.2 Å². The summed E-state index contributed by atoms with van der Waals surface area (Å²) in [5, 5.41) is 0. The molecule has 0 bridgehead atoms. The van der Waals surface area contributed by atoms with Crippen molar-refractivity contribution in [3.05, 3.63) is 24.3 Å². The van der Waals surface area contributed by atoms with Crippen LogP contribution in [-0.4, -0.2) is 59.4 Å². The van der Waals surface area contributed by atoms with Gasteiger partial charge in [0.25, 0.3) is 0 Å². The molecule has 98 valence electrons. The Labute approximate surface area is 108 Å². The second-order valence-electron chi connectivity index (χ2n) is 5.05. The number of hydrogen-bond acceptors (Lipinski definition) is 4. The maximum atomic E-state index is 12.0. The fourth-order valence-corrected chi connectivity index (χ4v) is 2.34. The summed E-state index contributed by atoms with van der Waals surface area (Å²) in [4.78, 5) is 24.3. The molecule has 0 saturated carbocycles. The maximum absolute atomic E-state index is 12.0. The molecule has 1 aromatic heterocycles. The molecule has 1 saturated heterocycles. The van der Waals surface area contributed by atoms with Gasteiger partial charge in [0, 0.05) is 37.6 Å². The predicted octanol–water partition coefficient (Wildman–Crippen LogP) is 0.744. The summed E-state index contributed by atoms with van der Waals surface area (Å²) >= 11 is 0. The highest BCUT2D eigenvalue weighted by molar-refractivity contribution is 5.78. The minimum Gasteiger partial charge on any atom is -0.341 e. The van der Waals surface area contributed by atoms with Gasteiger partial charge in [-0.3, -0.25) is 14.8 Å². The van der Waals surface area contributed by atoms with Gasteiger partial charge in [-0.2, -0.15) is 0 Å².